The Morgan fingerprint density at radius 3 is 2.00 bits per heavy atom. The van der Waals surface area contributed by atoms with Gasteiger partial charge in [-0.05, 0) is 11.1 Å². The Hall–Kier alpha value is -2.88. The molecule has 2 aromatic rings. The summed E-state index contributed by atoms with van der Waals surface area (Å²) in [5, 5.41) is 0. The lowest BCUT2D eigenvalue weighted by Crippen LogP contribution is -2.12. The van der Waals surface area contributed by atoms with Gasteiger partial charge < -0.3 is 0 Å². The molecule has 0 atom stereocenters. The van der Waals surface area contributed by atoms with Crippen LogP contribution in [0.3, 0.4) is 0 Å². The van der Waals surface area contributed by atoms with Crippen LogP contribution in [0.25, 0.3) is 11.1 Å². The zero-order valence-electron chi connectivity index (χ0n) is 10.4. The Labute approximate surface area is 115 Å². The maximum absolute atomic E-state index is 11.8. The number of hydrogen-bond acceptors (Lipinski definition) is 4. The molecule has 20 heavy (non-hydrogen) atoms. The Morgan fingerprint density at radius 1 is 0.750 bits per heavy atom. The summed E-state index contributed by atoms with van der Waals surface area (Å²) in [5.74, 6) is -1.65. The minimum Gasteiger partial charge on any atom is -0.294 e. The van der Waals surface area contributed by atoms with Crippen LogP contribution in [0, 0.1) is 0 Å². The van der Waals surface area contributed by atoms with E-state index in [0.717, 1.165) is 0 Å². The summed E-state index contributed by atoms with van der Waals surface area (Å²) in [4.78, 5) is 44.9. The molecule has 0 radical (unpaired) electrons. The van der Waals surface area contributed by atoms with Crippen LogP contribution in [0.15, 0.2) is 48.5 Å². The summed E-state index contributed by atoms with van der Waals surface area (Å²) < 4.78 is 0. The van der Waals surface area contributed by atoms with E-state index in [2.05, 4.69) is 0 Å². The van der Waals surface area contributed by atoms with Crippen molar-refractivity contribution in [3.63, 3.8) is 0 Å². The van der Waals surface area contributed by atoms with Gasteiger partial charge in [-0.2, -0.15) is 0 Å². The first-order valence-electron chi connectivity index (χ1n) is 5.86. The molecule has 0 bridgehead atoms. The molecule has 0 aliphatic heterocycles. The number of ketones is 2. The van der Waals surface area contributed by atoms with Crippen molar-refractivity contribution in [1.29, 1.82) is 0 Å². The topological polar surface area (TPSA) is 68.3 Å². The highest BCUT2D eigenvalue weighted by atomic mass is 16.2. The molecule has 0 unspecified atom stereocenters. The van der Waals surface area contributed by atoms with Crippen LogP contribution >= 0.6 is 0 Å². The highest BCUT2D eigenvalue weighted by Crippen LogP contribution is 2.26. The van der Waals surface area contributed by atoms with Crippen molar-refractivity contribution in [2.75, 3.05) is 0 Å². The molecule has 4 nitrogen and oxygen atoms in total. The average molecular weight is 266 g/mol. The first kappa shape index (κ1) is 13.5. The summed E-state index contributed by atoms with van der Waals surface area (Å²) >= 11 is 0. The normalized spacial score (nSPS) is 9.80. The molecule has 2 rings (SSSR count). The first-order valence-corrected chi connectivity index (χ1v) is 5.86. The summed E-state index contributed by atoms with van der Waals surface area (Å²) in [5.41, 5.74) is 1.05. The fourth-order valence-electron chi connectivity index (χ4n) is 2.00. The lowest BCUT2D eigenvalue weighted by molar-refractivity contribution is -0.105. The third-order valence-electron chi connectivity index (χ3n) is 2.88. The van der Waals surface area contributed by atoms with Gasteiger partial charge in [-0.25, -0.2) is 0 Å². The van der Waals surface area contributed by atoms with Gasteiger partial charge in [0.15, 0.2) is 12.6 Å². The first-order chi connectivity index (χ1) is 9.69. The van der Waals surface area contributed by atoms with Crippen LogP contribution in [0.4, 0.5) is 0 Å². The van der Waals surface area contributed by atoms with Gasteiger partial charge in [-0.1, -0.05) is 48.5 Å². The molecule has 0 N–H and O–H groups in total. The maximum atomic E-state index is 11.8. The molecule has 0 saturated heterocycles. The second-order valence-corrected chi connectivity index (χ2v) is 4.06. The molecule has 0 amide bonds. The van der Waals surface area contributed by atoms with Crippen molar-refractivity contribution in [2.24, 2.45) is 0 Å². The van der Waals surface area contributed by atoms with Crippen LogP contribution in [-0.2, 0) is 9.59 Å². The molecular formula is C16H10O4. The number of rotatable bonds is 5. The predicted octanol–water partition coefficient (Wildman–Crippen LogP) is 2.12. The van der Waals surface area contributed by atoms with Crippen molar-refractivity contribution in [3.05, 3.63) is 59.7 Å². The van der Waals surface area contributed by atoms with E-state index in [-0.39, 0.29) is 23.7 Å². The van der Waals surface area contributed by atoms with Gasteiger partial charge in [-0.3, -0.25) is 19.2 Å². The average Bonchev–Trinajstić information content (AvgIpc) is 2.53. The Balaban J connectivity index is 2.75. The van der Waals surface area contributed by atoms with Crippen molar-refractivity contribution in [1.82, 2.24) is 0 Å². The van der Waals surface area contributed by atoms with Gasteiger partial charge >= 0.3 is 0 Å². The molecule has 0 aliphatic rings. The van der Waals surface area contributed by atoms with Crippen LogP contribution < -0.4 is 0 Å². The van der Waals surface area contributed by atoms with Gasteiger partial charge in [0, 0.05) is 11.1 Å². The predicted molar refractivity (Wildman–Crippen MR) is 72.7 cm³/mol. The van der Waals surface area contributed by atoms with E-state index in [1.807, 2.05) is 6.07 Å². The Kier molecular flexibility index (Phi) is 3.96. The van der Waals surface area contributed by atoms with E-state index in [1.165, 1.54) is 6.07 Å². The van der Waals surface area contributed by atoms with E-state index in [0.29, 0.717) is 11.1 Å². The zero-order valence-corrected chi connectivity index (χ0v) is 10.4. The number of Topliss-reactive ketones (excluding diaryl/α,β-unsaturated/α-hetero) is 2. The summed E-state index contributed by atoms with van der Waals surface area (Å²) in [7, 11) is 0. The number of hydrogen-bond donors (Lipinski definition) is 0. The Bertz CT molecular complexity index is 687. The third kappa shape index (κ3) is 2.44. The van der Waals surface area contributed by atoms with Crippen LogP contribution in [0.2, 0.25) is 0 Å². The second-order valence-electron chi connectivity index (χ2n) is 4.06. The standard InChI is InChI=1S/C16H10O4/c17-9-14(19)13-8-4-7-12(16(13)15(20)10-18)11-5-2-1-3-6-11/h1-10H. The molecule has 0 fully saturated rings. The third-order valence-corrected chi connectivity index (χ3v) is 2.88. The quantitative estimate of drug-likeness (QED) is 0.472. The van der Waals surface area contributed by atoms with Gasteiger partial charge in [0.2, 0.25) is 11.6 Å². The van der Waals surface area contributed by atoms with Crippen molar-refractivity contribution >= 4 is 24.1 Å². The molecule has 0 heterocycles. The summed E-state index contributed by atoms with van der Waals surface area (Å²) in [6.45, 7) is 0. The minimum absolute atomic E-state index is 0.0363. The molecule has 0 spiro atoms. The maximum Gasteiger partial charge on any atom is 0.226 e. The van der Waals surface area contributed by atoms with Gasteiger partial charge in [-0.15, -0.1) is 0 Å². The monoisotopic (exact) mass is 266 g/mol. The van der Waals surface area contributed by atoms with Crippen molar-refractivity contribution < 1.29 is 19.2 Å². The van der Waals surface area contributed by atoms with E-state index in [9.17, 15) is 19.2 Å². The summed E-state index contributed by atoms with van der Waals surface area (Å²) in [6.07, 6.45) is 0.273. The van der Waals surface area contributed by atoms with E-state index in [4.69, 9.17) is 0 Å². The highest BCUT2D eigenvalue weighted by Gasteiger charge is 2.20. The lowest BCUT2D eigenvalue weighted by atomic mass is 9.91. The van der Waals surface area contributed by atoms with Crippen LogP contribution in [-0.4, -0.2) is 24.1 Å². The Morgan fingerprint density at radius 2 is 1.40 bits per heavy atom. The van der Waals surface area contributed by atoms with Crippen LogP contribution in [0.5, 0.6) is 0 Å². The van der Waals surface area contributed by atoms with Gasteiger partial charge in [0.25, 0.3) is 0 Å². The number of carbonyl (C=O) groups is 4. The zero-order chi connectivity index (χ0) is 14.5. The fraction of sp³-hybridized carbons (Fsp3) is 0. The van der Waals surface area contributed by atoms with Gasteiger partial charge in [0.05, 0.1) is 0 Å². The van der Waals surface area contributed by atoms with Crippen LogP contribution in [0.1, 0.15) is 20.7 Å². The fourth-order valence-corrected chi connectivity index (χ4v) is 2.00. The molecule has 98 valence electrons. The lowest BCUT2D eigenvalue weighted by Gasteiger charge is -2.10. The van der Waals surface area contributed by atoms with Crippen molar-refractivity contribution in [2.45, 2.75) is 0 Å². The van der Waals surface area contributed by atoms with E-state index >= 15 is 0 Å². The SMILES string of the molecule is O=CC(=O)c1cccc(-c2ccccc2)c1C(=O)C=O. The minimum atomic E-state index is -0.826. The largest absolute Gasteiger partial charge is 0.294 e. The smallest absolute Gasteiger partial charge is 0.226 e. The second kappa shape index (κ2) is 5.84. The van der Waals surface area contributed by atoms with E-state index in [1.54, 1.807) is 36.4 Å². The van der Waals surface area contributed by atoms with Crippen molar-refractivity contribution in [3.8, 4) is 11.1 Å². The molecule has 0 saturated carbocycles. The highest BCUT2D eigenvalue weighted by molar-refractivity contribution is 6.42. The molecular weight excluding hydrogens is 256 g/mol. The number of aldehydes is 2. The molecule has 4 heteroatoms. The summed E-state index contributed by atoms with van der Waals surface area (Å²) in [6, 6.07) is 13.4. The van der Waals surface area contributed by atoms with E-state index < -0.39 is 11.6 Å². The number of benzene rings is 2. The van der Waals surface area contributed by atoms with Gasteiger partial charge in [0.1, 0.15) is 0 Å². The number of carbonyl (C=O) groups excluding carboxylic acids is 4. The molecule has 2 aromatic carbocycles. The molecule has 0 aliphatic carbocycles. The molecule has 0 aromatic heterocycles.